The summed E-state index contributed by atoms with van der Waals surface area (Å²) in [4.78, 5) is 8.03. The summed E-state index contributed by atoms with van der Waals surface area (Å²) < 4.78 is 5.51. The molecule has 0 aromatic carbocycles. The van der Waals surface area contributed by atoms with E-state index in [9.17, 15) is 0 Å². The number of nitrogens with zero attached hydrogens (tertiary/aromatic N) is 2. The summed E-state index contributed by atoms with van der Waals surface area (Å²) in [6.07, 6.45) is 1.68. The van der Waals surface area contributed by atoms with E-state index in [1.807, 2.05) is 19.1 Å². The molecule has 3 nitrogen and oxygen atoms in total. The molecule has 0 unspecified atom stereocenters. The molecule has 0 bridgehead atoms. The SMILES string of the molecule is C=Nc1c(C(=C)C)oc2ncccc12. The third-order valence-electron chi connectivity index (χ3n) is 1.99. The van der Waals surface area contributed by atoms with Crippen LogP contribution in [0.3, 0.4) is 0 Å². The average molecular weight is 186 g/mol. The Bertz CT molecular complexity index is 511. The number of hydrogen-bond donors (Lipinski definition) is 0. The van der Waals surface area contributed by atoms with Gasteiger partial charge in [-0.05, 0) is 31.3 Å². The van der Waals surface area contributed by atoms with Crippen molar-refractivity contribution in [2.24, 2.45) is 4.99 Å². The first-order valence-corrected chi connectivity index (χ1v) is 4.24. The number of aliphatic imine (C=N–C) groups is 1. The van der Waals surface area contributed by atoms with Gasteiger partial charge in [0.1, 0.15) is 5.69 Å². The van der Waals surface area contributed by atoms with Gasteiger partial charge in [0.15, 0.2) is 5.76 Å². The lowest BCUT2D eigenvalue weighted by atomic mass is 10.2. The number of rotatable bonds is 2. The van der Waals surface area contributed by atoms with Gasteiger partial charge in [0.05, 0.1) is 5.39 Å². The monoisotopic (exact) mass is 186 g/mol. The van der Waals surface area contributed by atoms with Crippen LogP contribution in [0.4, 0.5) is 5.69 Å². The van der Waals surface area contributed by atoms with E-state index in [0.717, 1.165) is 16.6 Å². The molecule has 0 aliphatic heterocycles. The molecule has 0 radical (unpaired) electrons. The van der Waals surface area contributed by atoms with Crippen LogP contribution in [0, 0.1) is 0 Å². The predicted octanol–water partition coefficient (Wildman–Crippen LogP) is 3.19. The molecule has 0 saturated carbocycles. The highest BCUT2D eigenvalue weighted by atomic mass is 16.3. The molecule has 0 atom stereocenters. The second kappa shape index (κ2) is 3.10. The van der Waals surface area contributed by atoms with Crippen molar-refractivity contribution >= 4 is 29.1 Å². The molecule has 2 aromatic heterocycles. The molecule has 0 N–H and O–H groups in total. The molecule has 0 aliphatic rings. The average Bonchev–Trinajstić information content (AvgIpc) is 2.56. The van der Waals surface area contributed by atoms with Crippen LogP contribution < -0.4 is 0 Å². The van der Waals surface area contributed by atoms with Crippen LogP contribution in [0.1, 0.15) is 12.7 Å². The fourth-order valence-electron chi connectivity index (χ4n) is 1.37. The summed E-state index contributed by atoms with van der Waals surface area (Å²) in [5.74, 6) is 0.661. The van der Waals surface area contributed by atoms with Gasteiger partial charge >= 0.3 is 0 Å². The minimum atomic E-state index is 0.577. The third kappa shape index (κ3) is 1.14. The maximum atomic E-state index is 5.51. The first kappa shape index (κ1) is 8.69. The van der Waals surface area contributed by atoms with Gasteiger partial charge in [-0.25, -0.2) is 4.98 Å². The zero-order valence-corrected chi connectivity index (χ0v) is 7.95. The molecule has 0 spiro atoms. The van der Waals surface area contributed by atoms with E-state index >= 15 is 0 Å². The molecule has 2 heterocycles. The van der Waals surface area contributed by atoms with Gasteiger partial charge in [-0.15, -0.1) is 0 Å². The van der Waals surface area contributed by atoms with Gasteiger partial charge in [-0.3, -0.25) is 4.99 Å². The Morgan fingerprint density at radius 2 is 2.36 bits per heavy atom. The van der Waals surface area contributed by atoms with E-state index < -0.39 is 0 Å². The summed E-state index contributed by atoms with van der Waals surface area (Å²) in [6.45, 7) is 9.20. The highest BCUT2D eigenvalue weighted by molar-refractivity contribution is 5.93. The fraction of sp³-hybridized carbons (Fsp3) is 0.0909. The molecule has 14 heavy (non-hydrogen) atoms. The van der Waals surface area contributed by atoms with E-state index in [4.69, 9.17) is 4.42 Å². The molecule has 3 heteroatoms. The number of pyridine rings is 1. The number of furan rings is 1. The quantitative estimate of drug-likeness (QED) is 0.675. The largest absolute Gasteiger partial charge is 0.436 e. The van der Waals surface area contributed by atoms with Crippen molar-refractivity contribution in [3.05, 3.63) is 30.7 Å². The normalized spacial score (nSPS) is 10.4. The zero-order valence-electron chi connectivity index (χ0n) is 7.95. The summed E-state index contributed by atoms with van der Waals surface area (Å²) in [5, 5.41) is 0.875. The van der Waals surface area contributed by atoms with Crippen molar-refractivity contribution in [1.82, 2.24) is 4.98 Å². The van der Waals surface area contributed by atoms with Crippen LogP contribution in [-0.4, -0.2) is 11.7 Å². The van der Waals surface area contributed by atoms with E-state index in [2.05, 4.69) is 23.3 Å². The fourth-order valence-corrected chi connectivity index (χ4v) is 1.37. The predicted molar refractivity (Wildman–Crippen MR) is 57.9 cm³/mol. The maximum absolute atomic E-state index is 5.51. The van der Waals surface area contributed by atoms with Crippen LogP contribution >= 0.6 is 0 Å². The van der Waals surface area contributed by atoms with Gasteiger partial charge in [0.25, 0.3) is 0 Å². The maximum Gasteiger partial charge on any atom is 0.228 e. The molecule has 70 valence electrons. The lowest BCUT2D eigenvalue weighted by Gasteiger charge is -1.93. The number of allylic oxidation sites excluding steroid dienone is 1. The molecule has 2 aromatic rings. The first-order valence-electron chi connectivity index (χ1n) is 4.24. The molecule has 2 rings (SSSR count). The van der Waals surface area contributed by atoms with Crippen molar-refractivity contribution in [2.45, 2.75) is 6.92 Å². The molecule has 0 saturated heterocycles. The van der Waals surface area contributed by atoms with E-state index in [0.29, 0.717) is 11.5 Å². The van der Waals surface area contributed by atoms with Gasteiger partial charge in [0, 0.05) is 6.20 Å². The topological polar surface area (TPSA) is 38.4 Å². The zero-order chi connectivity index (χ0) is 10.1. The van der Waals surface area contributed by atoms with Crippen molar-refractivity contribution in [3.8, 4) is 0 Å². The smallest absolute Gasteiger partial charge is 0.228 e. The molecular weight excluding hydrogens is 176 g/mol. The van der Waals surface area contributed by atoms with Gasteiger partial charge in [-0.2, -0.15) is 0 Å². The third-order valence-corrected chi connectivity index (χ3v) is 1.99. The molecular formula is C11H10N2O. The van der Waals surface area contributed by atoms with Gasteiger partial charge in [-0.1, -0.05) is 6.58 Å². The van der Waals surface area contributed by atoms with Crippen molar-refractivity contribution < 1.29 is 4.42 Å². The summed E-state index contributed by atoms with van der Waals surface area (Å²) in [5.41, 5.74) is 2.12. The second-order valence-corrected chi connectivity index (χ2v) is 3.07. The van der Waals surface area contributed by atoms with Crippen LogP contribution in [-0.2, 0) is 0 Å². The second-order valence-electron chi connectivity index (χ2n) is 3.07. The number of fused-ring (bicyclic) bond motifs is 1. The number of hydrogen-bond acceptors (Lipinski definition) is 3. The van der Waals surface area contributed by atoms with E-state index in [1.165, 1.54) is 0 Å². The van der Waals surface area contributed by atoms with E-state index in [-0.39, 0.29) is 0 Å². The van der Waals surface area contributed by atoms with Gasteiger partial charge in [0.2, 0.25) is 5.71 Å². The van der Waals surface area contributed by atoms with Crippen LogP contribution in [0.2, 0.25) is 0 Å². The van der Waals surface area contributed by atoms with Crippen molar-refractivity contribution in [2.75, 3.05) is 0 Å². The van der Waals surface area contributed by atoms with Crippen LogP contribution in [0.15, 0.2) is 34.3 Å². The van der Waals surface area contributed by atoms with Crippen molar-refractivity contribution in [3.63, 3.8) is 0 Å². The van der Waals surface area contributed by atoms with E-state index in [1.54, 1.807) is 6.20 Å². The highest BCUT2D eigenvalue weighted by Gasteiger charge is 2.13. The first-order chi connectivity index (χ1) is 6.74. The lowest BCUT2D eigenvalue weighted by Crippen LogP contribution is -1.70. The van der Waals surface area contributed by atoms with Crippen molar-refractivity contribution in [1.29, 1.82) is 0 Å². The minimum absolute atomic E-state index is 0.577. The number of aromatic nitrogens is 1. The van der Waals surface area contributed by atoms with Crippen LogP contribution in [0.25, 0.3) is 16.7 Å². The Labute approximate surface area is 81.8 Å². The summed E-state index contributed by atoms with van der Waals surface area (Å²) in [6, 6.07) is 3.75. The molecule has 0 aliphatic carbocycles. The summed E-state index contributed by atoms with van der Waals surface area (Å²) in [7, 11) is 0. The Hall–Kier alpha value is -1.90. The molecule has 0 amide bonds. The lowest BCUT2D eigenvalue weighted by molar-refractivity contribution is 0.588. The summed E-state index contributed by atoms with van der Waals surface area (Å²) >= 11 is 0. The Balaban J connectivity index is 2.85. The Morgan fingerprint density at radius 1 is 1.57 bits per heavy atom. The highest BCUT2D eigenvalue weighted by Crippen LogP contribution is 2.35. The van der Waals surface area contributed by atoms with Gasteiger partial charge < -0.3 is 4.42 Å². The standard InChI is InChI=1S/C11H10N2O/c1-7(2)10-9(12-3)8-5-4-6-13-11(8)14-10/h4-6H,1,3H2,2H3. The minimum Gasteiger partial charge on any atom is -0.436 e. The molecule has 0 fully saturated rings. The Kier molecular flexibility index (Phi) is 1.93. The Morgan fingerprint density at radius 3 is 3.00 bits per heavy atom. The van der Waals surface area contributed by atoms with Crippen LogP contribution in [0.5, 0.6) is 0 Å².